The van der Waals surface area contributed by atoms with Crippen LogP contribution < -0.4 is 15.9 Å². The first-order valence-electron chi connectivity index (χ1n) is 7.25. The van der Waals surface area contributed by atoms with Gasteiger partial charge in [-0.25, -0.2) is 32.2 Å². The molecule has 27 heavy (non-hydrogen) atoms. The van der Waals surface area contributed by atoms with Gasteiger partial charge in [-0.3, -0.25) is 9.63 Å². The van der Waals surface area contributed by atoms with Gasteiger partial charge in [0.05, 0.1) is 35.0 Å². The Balaban J connectivity index is 2.40. The summed E-state index contributed by atoms with van der Waals surface area (Å²) in [7, 11) is -4.17. The third kappa shape index (κ3) is 4.95. The summed E-state index contributed by atoms with van der Waals surface area (Å²) in [6.07, 6.45) is 0. The molecular weight excluding hydrogens is 391 g/mol. The van der Waals surface area contributed by atoms with Gasteiger partial charge in [0.25, 0.3) is 5.91 Å². The lowest BCUT2D eigenvalue weighted by molar-refractivity contribution is 0.0168. The molecule has 0 unspecified atom stereocenters. The molecule has 2 aromatic rings. The van der Waals surface area contributed by atoms with Gasteiger partial charge < -0.3 is 10.4 Å². The van der Waals surface area contributed by atoms with Crippen molar-refractivity contribution >= 4 is 27.3 Å². The first kappa shape index (κ1) is 20.6. The molecule has 0 radical (unpaired) electrons. The van der Waals surface area contributed by atoms with Crippen LogP contribution in [0.15, 0.2) is 35.2 Å². The van der Waals surface area contributed by atoms with E-state index in [0.29, 0.717) is 12.1 Å². The summed E-state index contributed by atoms with van der Waals surface area (Å²) in [5, 5.41) is 15.7. The summed E-state index contributed by atoms with van der Waals surface area (Å²) < 4.78 is 64.3. The topological polar surface area (TPSA) is 131 Å². The number of primary sulfonamides is 1. The number of hydrogen-bond donors (Lipinski definition) is 4. The maximum atomic E-state index is 14.2. The maximum Gasteiger partial charge on any atom is 0.277 e. The molecule has 146 valence electrons. The van der Waals surface area contributed by atoms with Gasteiger partial charge in [0.15, 0.2) is 11.6 Å². The third-order valence-electron chi connectivity index (χ3n) is 3.23. The van der Waals surface area contributed by atoms with Crippen molar-refractivity contribution < 1.29 is 36.3 Å². The highest BCUT2D eigenvalue weighted by atomic mass is 32.2. The molecule has 0 fully saturated rings. The molecule has 0 atom stereocenters. The second kappa shape index (κ2) is 8.35. The van der Waals surface area contributed by atoms with E-state index in [1.165, 1.54) is 0 Å². The van der Waals surface area contributed by atoms with Crippen LogP contribution in [-0.4, -0.2) is 32.6 Å². The summed E-state index contributed by atoms with van der Waals surface area (Å²) >= 11 is 0. The second-order valence-corrected chi connectivity index (χ2v) is 6.66. The molecule has 1 amide bonds. The van der Waals surface area contributed by atoms with Gasteiger partial charge in [-0.2, -0.15) is 0 Å². The average Bonchev–Trinajstić information content (AvgIpc) is 2.59. The van der Waals surface area contributed by atoms with Crippen LogP contribution in [0.3, 0.4) is 0 Å². The number of carbonyl (C=O) groups is 1. The van der Waals surface area contributed by atoms with Gasteiger partial charge in [0.1, 0.15) is 5.82 Å². The fourth-order valence-electron chi connectivity index (χ4n) is 1.99. The highest BCUT2D eigenvalue weighted by Crippen LogP contribution is 2.28. The van der Waals surface area contributed by atoms with Crippen LogP contribution >= 0.6 is 0 Å². The molecule has 0 aromatic heterocycles. The van der Waals surface area contributed by atoms with Gasteiger partial charge in [0, 0.05) is 0 Å². The Hall–Kier alpha value is -2.67. The SMILES string of the molecule is NS(=O)(=O)c1ccc(Nc2c(C(=O)NOCCO)ccc(F)c2F)c(F)c1. The van der Waals surface area contributed by atoms with Crippen LogP contribution in [0, 0.1) is 17.5 Å². The van der Waals surface area contributed by atoms with Gasteiger partial charge in [-0.05, 0) is 30.3 Å². The molecule has 0 heterocycles. The predicted molar refractivity (Wildman–Crippen MR) is 87.9 cm³/mol. The van der Waals surface area contributed by atoms with Crippen molar-refractivity contribution in [2.45, 2.75) is 4.90 Å². The monoisotopic (exact) mass is 405 g/mol. The highest BCUT2D eigenvalue weighted by Gasteiger charge is 2.21. The number of carbonyl (C=O) groups excluding carboxylic acids is 1. The van der Waals surface area contributed by atoms with E-state index >= 15 is 0 Å². The van der Waals surface area contributed by atoms with Crippen molar-refractivity contribution in [1.82, 2.24) is 5.48 Å². The molecule has 0 bridgehead atoms. The lowest BCUT2D eigenvalue weighted by atomic mass is 10.1. The first-order valence-corrected chi connectivity index (χ1v) is 8.80. The number of hydroxylamine groups is 1. The fraction of sp³-hybridized carbons (Fsp3) is 0.133. The smallest absolute Gasteiger partial charge is 0.277 e. The summed E-state index contributed by atoms with van der Waals surface area (Å²) in [5.74, 6) is -4.91. The van der Waals surface area contributed by atoms with Crippen molar-refractivity contribution in [1.29, 1.82) is 0 Å². The van der Waals surface area contributed by atoms with E-state index in [4.69, 9.17) is 10.2 Å². The molecule has 0 spiro atoms. The number of halogens is 3. The van der Waals surface area contributed by atoms with Crippen molar-refractivity contribution in [3.05, 3.63) is 53.3 Å². The quantitative estimate of drug-likeness (QED) is 0.404. The lowest BCUT2D eigenvalue weighted by Gasteiger charge is -2.14. The zero-order chi connectivity index (χ0) is 20.2. The Kier molecular flexibility index (Phi) is 6.38. The van der Waals surface area contributed by atoms with E-state index in [1.54, 1.807) is 0 Å². The van der Waals surface area contributed by atoms with Gasteiger partial charge in [0.2, 0.25) is 10.0 Å². The van der Waals surface area contributed by atoms with E-state index in [0.717, 1.165) is 18.2 Å². The molecule has 2 rings (SSSR count). The molecule has 12 heteroatoms. The molecule has 5 N–H and O–H groups in total. The Morgan fingerprint density at radius 1 is 1.15 bits per heavy atom. The summed E-state index contributed by atoms with van der Waals surface area (Å²) in [6.45, 7) is -0.646. The number of aliphatic hydroxyl groups excluding tert-OH is 1. The van der Waals surface area contributed by atoms with E-state index in [9.17, 15) is 26.4 Å². The summed E-state index contributed by atoms with van der Waals surface area (Å²) in [5.41, 5.74) is 0.331. The zero-order valence-corrected chi connectivity index (χ0v) is 14.3. The Bertz CT molecular complexity index is 969. The number of nitrogens with one attached hydrogen (secondary N) is 2. The lowest BCUT2D eigenvalue weighted by Crippen LogP contribution is -2.26. The zero-order valence-electron chi connectivity index (χ0n) is 13.5. The Labute approximate surface area is 151 Å². The van der Waals surface area contributed by atoms with Crippen molar-refractivity contribution in [2.24, 2.45) is 5.14 Å². The van der Waals surface area contributed by atoms with Crippen molar-refractivity contribution in [3.63, 3.8) is 0 Å². The molecule has 0 aliphatic heterocycles. The number of sulfonamides is 1. The number of anilines is 2. The average molecular weight is 405 g/mol. The second-order valence-electron chi connectivity index (χ2n) is 5.10. The first-order chi connectivity index (χ1) is 12.6. The highest BCUT2D eigenvalue weighted by molar-refractivity contribution is 7.89. The normalized spacial score (nSPS) is 11.3. The Morgan fingerprint density at radius 2 is 1.85 bits per heavy atom. The molecule has 0 saturated carbocycles. The Morgan fingerprint density at radius 3 is 2.44 bits per heavy atom. The summed E-state index contributed by atoms with van der Waals surface area (Å²) in [4.78, 5) is 16.1. The number of nitrogens with two attached hydrogens (primary N) is 1. The van der Waals surface area contributed by atoms with E-state index < -0.39 is 61.8 Å². The standard InChI is InChI=1S/C15H14F3N3O5S/c16-10-3-2-9(15(23)21-26-6-5-22)14(13(10)18)20-12-4-1-8(7-11(12)17)27(19,24)25/h1-4,7,20,22H,5-6H2,(H,21,23)(H2,19,24,25). The minimum atomic E-state index is -4.17. The van der Waals surface area contributed by atoms with Crippen LogP contribution in [-0.2, 0) is 14.9 Å². The van der Waals surface area contributed by atoms with Gasteiger partial charge in [-0.15, -0.1) is 0 Å². The minimum Gasteiger partial charge on any atom is -0.394 e. The van der Waals surface area contributed by atoms with E-state index in [-0.39, 0.29) is 6.61 Å². The van der Waals surface area contributed by atoms with Crippen molar-refractivity contribution in [3.8, 4) is 0 Å². The fourth-order valence-corrected chi connectivity index (χ4v) is 2.51. The number of amides is 1. The number of rotatable bonds is 7. The predicted octanol–water partition coefficient (Wildman–Crippen LogP) is 1.15. The van der Waals surface area contributed by atoms with E-state index in [2.05, 4.69) is 10.2 Å². The van der Waals surface area contributed by atoms with Crippen LogP contribution in [0.2, 0.25) is 0 Å². The van der Waals surface area contributed by atoms with Crippen molar-refractivity contribution in [2.75, 3.05) is 18.5 Å². The molecule has 0 aliphatic rings. The molecule has 2 aromatic carbocycles. The summed E-state index contributed by atoms with van der Waals surface area (Å²) in [6, 6.07) is 4.07. The molecule has 0 saturated heterocycles. The number of hydrogen-bond acceptors (Lipinski definition) is 6. The number of aliphatic hydroxyl groups is 1. The van der Waals surface area contributed by atoms with Crippen LogP contribution in [0.5, 0.6) is 0 Å². The van der Waals surface area contributed by atoms with Crippen LogP contribution in [0.25, 0.3) is 0 Å². The van der Waals surface area contributed by atoms with E-state index in [1.807, 2.05) is 5.48 Å². The van der Waals surface area contributed by atoms with Gasteiger partial charge in [-0.1, -0.05) is 0 Å². The third-order valence-corrected chi connectivity index (χ3v) is 4.14. The minimum absolute atomic E-state index is 0.248. The molecular formula is C15H14F3N3O5S. The molecule has 0 aliphatic carbocycles. The van der Waals surface area contributed by atoms with Crippen LogP contribution in [0.4, 0.5) is 24.5 Å². The molecule has 8 nitrogen and oxygen atoms in total. The van der Waals surface area contributed by atoms with Gasteiger partial charge >= 0.3 is 0 Å². The maximum absolute atomic E-state index is 14.2. The number of benzene rings is 2. The largest absolute Gasteiger partial charge is 0.394 e. The van der Waals surface area contributed by atoms with Crippen LogP contribution in [0.1, 0.15) is 10.4 Å².